The summed E-state index contributed by atoms with van der Waals surface area (Å²) in [6.45, 7) is 0.669. The Morgan fingerprint density at radius 2 is 1.79 bits per heavy atom. The van der Waals surface area contributed by atoms with E-state index in [1.807, 2.05) is 36.4 Å². The van der Waals surface area contributed by atoms with Crippen LogP contribution in [0.5, 0.6) is 0 Å². The van der Waals surface area contributed by atoms with E-state index in [0.717, 1.165) is 20.9 Å². The van der Waals surface area contributed by atoms with Crippen LogP contribution >= 0.6 is 22.6 Å². The molecule has 6 heteroatoms. The highest BCUT2D eigenvalue weighted by Gasteiger charge is 2.00. The Bertz CT molecular complexity index is 646. The number of benzene rings is 1. The topological polar surface area (TPSA) is 55.9 Å². The summed E-state index contributed by atoms with van der Waals surface area (Å²) in [6, 6.07) is 11.8. The molecular weight excluding hydrogens is 355 g/mol. The molecule has 0 aliphatic rings. The summed E-state index contributed by atoms with van der Waals surface area (Å²) in [5.41, 5.74) is 1.96. The van der Waals surface area contributed by atoms with Crippen molar-refractivity contribution in [2.24, 2.45) is 0 Å². The van der Waals surface area contributed by atoms with Crippen molar-refractivity contribution in [3.8, 4) is 5.69 Å². The van der Waals surface area contributed by atoms with E-state index >= 15 is 0 Å². The van der Waals surface area contributed by atoms with Gasteiger partial charge in [-0.15, -0.1) is 0 Å². The first kappa shape index (κ1) is 12.2. The molecule has 19 heavy (non-hydrogen) atoms. The Balaban J connectivity index is 1.66. The molecular formula is C13H11IN4O. The molecule has 1 N–H and O–H groups in total. The summed E-state index contributed by atoms with van der Waals surface area (Å²) in [5.74, 6) is 0.919. The van der Waals surface area contributed by atoms with Gasteiger partial charge in [0.1, 0.15) is 5.76 Å². The molecule has 3 aromatic rings. The highest BCUT2D eigenvalue weighted by Crippen LogP contribution is 2.15. The zero-order chi connectivity index (χ0) is 13.1. The van der Waals surface area contributed by atoms with Crippen molar-refractivity contribution < 1.29 is 4.42 Å². The molecule has 0 saturated heterocycles. The maximum absolute atomic E-state index is 5.49. The third-order valence-electron chi connectivity index (χ3n) is 2.61. The van der Waals surface area contributed by atoms with Gasteiger partial charge in [0.25, 0.3) is 0 Å². The van der Waals surface area contributed by atoms with Crippen LogP contribution < -0.4 is 5.32 Å². The minimum Gasteiger partial charge on any atom is -0.454 e. The molecule has 96 valence electrons. The second-order valence-corrected chi connectivity index (χ2v) is 4.99. The lowest BCUT2D eigenvalue weighted by Gasteiger charge is -2.05. The molecule has 3 rings (SSSR count). The lowest BCUT2D eigenvalue weighted by atomic mass is 10.3. The molecule has 0 unspecified atom stereocenters. The first-order chi connectivity index (χ1) is 9.31. The third-order valence-corrected chi connectivity index (χ3v) is 3.19. The molecule has 0 fully saturated rings. The van der Waals surface area contributed by atoms with Crippen LogP contribution in [-0.2, 0) is 6.54 Å². The number of halogens is 1. The molecule has 5 nitrogen and oxygen atoms in total. The fraction of sp³-hybridized carbons (Fsp3) is 0.0769. The summed E-state index contributed by atoms with van der Waals surface area (Å²) in [5, 5.41) is 11.5. The first-order valence-corrected chi connectivity index (χ1v) is 6.84. The Hall–Kier alpha value is -1.83. The molecule has 0 radical (unpaired) electrons. The number of rotatable bonds is 4. The number of hydrogen-bond donors (Lipinski definition) is 1. The minimum absolute atomic E-state index is 0.669. The molecule has 2 aromatic heterocycles. The quantitative estimate of drug-likeness (QED) is 0.722. The zero-order valence-electron chi connectivity index (χ0n) is 9.95. The standard InChI is InChI=1S/C13H11IN4O/c14-13-6-5-12(19-13)9-15-10-1-3-11(4-2-10)18-16-7-8-17-18/h1-8,15H,9H2. The predicted molar refractivity (Wildman–Crippen MR) is 80.1 cm³/mol. The summed E-state index contributed by atoms with van der Waals surface area (Å²) in [6.07, 6.45) is 3.31. The number of aromatic nitrogens is 3. The average Bonchev–Trinajstić information content (AvgIpc) is 3.08. The largest absolute Gasteiger partial charge is 0.454 e. The minimum atomic E-state index is 0.669. The molecule has 1 aromatic carbocycles. The highest BCUT2D eigenvalue weighted by atomic mass is 127. The Kier molecular flexibility index (Phi) is 3.49. The fourth-order valence-corrected chi connectivity index (χ4v) is 2.16. The van der Waals surface area contributed by atoms with E-state index in [4.69, 9.17) is 4.42 Å². The molecule has 0 saturated carbocycles. The van der Waals surface area contributed by atoms with Gasteiger partial charge in [0.15, 0.2) is 3.77 Å². The van der Waals surface area contributed by atoms with Gasteiger partial charge in [0.05, 0.1) is 24.6 Å². The number of hydrogen-bond acceptors (Lipinski definition) is 4. The Morgan fingerprint density at radius 3 is 2.42 bits per heavy atom. The zero-order valence-corrected chi connectivity index (χ0v) is 12.1. The molecule has 0 aliphatic carbocycles. The lowest BCUT2D eigenvalue weighted by Crippen LogP contribution is -2.00. The molecule has 0 atom stereocenters. The van der Waals surface area contributed by atoms with E-state index in [0.29, 0.717) is 6.54 Å². The van der Waals surface area contributed by atoms with Crippen molar-refractivity contribution in [2.45, 2.75) is 6.54 Å². The van der Waals surface area contributed by atoms with Crippen molar-refractivity contribution in [1.29, 1.82) is 0 Å². The number of furan rings is 1. The Morgan fingerprint density at radius 1 is 1.05 bits per heavy atom. The van der Waals surface area contributed by atoms with Gasteiger partial charge < -0.3 is 9.73 Å². The van der Waals surface area contributed by atoms with Crippen molar-refractivity contribution >= 4 is 28.3 Å². The van der Waals surface area contributed by atoms with Crippen molar-refractivity contribution in [1.82, 2.24) is 15.0 Å². The van der Waals surface area contributed by atoms with Crippen LogP contribution in [0, 0.1) is 3.77 Å². The van der Waals surface area contributed by atoms with E-state index in [9.17, 15) is 0 Å². The highest BCUT2D eigenvalue weighted by molar-refractivity contribution is 14.1. The van der Waals surface area contributed by atoms with E-state index in [-0.39, 0.29) is 0 Å². The van der Waals surface area contributed by atoms with Crippen LogP contribution in [0.25, 0.3) is 5.69 Å². The number of nitrogens with zero attached hydrogens (tertiary/aromatic N) is 3. The van der Waals surface area contributed by atoms with Crippen molar-refractivity contribution in [3.05, 3.63) is 58.3 Å². The maximum Gasteiger partial charge on any atom is 0.164 e. The van der Waals surface area contributed by atoms with E-state index in [2.05, 4.69) is 38.1 Å². The second-order valence-electron chi connectivity index (χ2n) is 3.92. The number of nitrogens with one attached hydrogen (secondary N) is 1. The summed E-state index contributed by atoms with van der Waals surface area (Å²) < 4.78 is 6.39. The van der Waals surface area contributed by atoms with Crippen LogP contribution in [0.4, 0.5) is 5.69 Å². The van der Waals surface area contributed by atoms with Crippen LogP contribution in [0.1, 0.15) is 5.76 Å². The van der Waals surface area contributed by atoms with Crippen LogP contribution in [0.2, 0.25) is 0 Å². The van der Waals surface area contributed by atoms with Gasteiger partial charge in [-0.25, -0.2) is 0 Å². The molecule has 0 amide bonds. The molecule has 2 heterocycles. The van der Waals surface area contributed by atoms with Gasteiger partial charge in [-0.1, -0.05) is 0 Å². The number of anilines is 1. The summed E-state index contributed by atoms with van der Waals surface area (Å²) in [4.78, 5) is 1.58. The molecule has 0 aliphatic heterocycles. The predicted octanol–water partition coefficient (Wildman–Crippen LogP) is 3.08. The van der Waals surface area contributed by atoms with Gasteiger partial charge >= 0.3 is 0 Å². The SMILES string of the molecule is Ic1ccc(CNc2ccc(-n3nccn3)cc2)o1. The third kappa shape index (κ3) is 2.95. The summed E-state index contributed by atoms with van der Waals surface area (Å²) in [7, 11) is 0. The van der Waals surface area contributed by atoms with E-state index in [1.54, 1.807) is 17.2 Å². The van der Waals surface area contributed by atoms with Crippen LogP contribution in [-0.4, -0.2) is 15.0 Å². The molecule has 0 bridgehead atoms. The van der Waals surface area contributed by atoms with Crippen LogP contribution in [0.3, 0.4) is 0 Å². The fourth-order valence-electron chi connectivity index (χ4n) is 1.70. The van der Waals surface area contributed by atoms with E-state index < -0.39 is 0 Å². The Labute approximate surface area is 123 Å². The monoisotopic (exact) mass is 366 g/mol. The van der Waals surface area contributed by atoms with Crippen molar-refractivity contribution in [3.63, 3.8) is 0 Å². The first-order valence-electron chi connectivity index (χ1n) is 5.76. The average molecular weight is 366 g/mol. The second kappa shape index (κ2) is 5.43. The van der Waals surface area contributed by atoms with Gasteiger partial charge in [-0.05, 0) is 59.0 Å². The van der Waals surface area contributed by atoms with Crippen molar-refractivity contribution in [2.75, 3.05) is 5.32 Å². The molecule has 0 spiro atoms. The van der Waals surface area contributed by atoms with Gasteiger partial charge in [-0.3, -0.25) is 0 Å². The maximum atomic E-state index is 5.49. The van der Waals surface area contributed by atoms with E-state index in [1.165, 1.54) is 0 Å². The van der Waals surface area contributed by atoms with Crippen LogP contribution in [0.15, 0.2) is 53.2 Å². The lowest BCUT2D eigenvalue weighted by molar-refractivity contribution is 0.493. The van der Waals surface area contributed by atoms with Gasteiger partial charge in [0.2, 0.25) is 0 Å². The smallest absolute Gasteiger partial charge is 0.164 e. The van der Waals surface area contributed by atoms with Gasteiger partial charge in [-0.2, -0.15) is 15.0 Å². The normalized spacial score (nSPS) is 10.6. The summed E-state index contributed by atoms with van der Waals surface area (Å²) >= 11 is 2.15. The van der Waals surface area contributed by atoms with Gasteiger partial charge in [0, 0.05) is 5.69 Å².